The van der Waals surface area contributed by atoms with Gasteiger partial charge in [0.25, 0.3) is 10.0 Å². The summed E-state index contributed by atoms with van der Waals surface area (Å²) in [6.07, 6.45) is 1.07. The normalized spacial score (nSPS) is 14.0. The average Bonchev–Trinajstić information content (AvgIpc) is 2.80. The second-order valence-corrected chi connectivity index (χ2v) is 6.40. The molecule has 2 aromatic rings. The Labute approximate surface area is 126 Å². The number of nitrogens with zero attached hydrogens (tertiary/aromatic N) is 1. The van der Waals surface area contributed by atoms with Gasteiger partial charge in [-0.15, -0.1) is 0 Å². The molecule has 2 heterocycles. The minimum Gasteiger partial charge on any atom is -0.423 e. The van der Waals surface area contributed by atoms with E-state index in [1.165, 1.54) is 18.2 Å². The highest BCUT2D eigenvalue weighted by Crippen LogP contribution is 2.22. The van der Waals surface area contributed by atoms with Crippen molar-refractivity contribution in [2.24, 2.45) is 0 Å². The van der Waals surface area contributed by atoms with Gasteiger partial charge in [-0.2, -0.15) is 0 Å². The van der Waals surface area contributed by atoms with Crippen molar-refractivity contribution in [2.75, 3.05) is 10.5 Å². The Kier molecular flexibility index (Phi) is 3.51. The monoisotopic (exact) mass is 323 g/mol. The van der Waals surface area contributed by atoms with Crippen molar-refractivity contribution in [1.29, 1.82) is 0 Å². The molecule has 0 saturated carbocycles. The molecule has 10 heteroatoms. The van der Waals surface area contributed by atoms with Gasteiger partial charge < -0.3 is 15.4 Å². The zero-order chi connectivity index (χ0) is 15.9. The molecule has 0 atom stereocenters. The molecule has 22 heavy (non-hydrogen) atoms. The lowest BCUT2D eigenvalue weighted by atomic mass is 9.79. The van der Waals surface area contributed by atoms with Gasteiger partial charge in [0.1, 0.15) is 16.5 Å². The maximum atomic E-state index is 14.0. The molecule has 7 nitrogen and oxygen atoms in total. The molecule has 1 aromatic carbocycles. The van der Waals surface area contributed by atoms with Crippen LogP contribution in [0.1, 0.15) is 5.56 Å². The van der Waals surface area contributed by atoms with Gasteiger partial charge in [-0.1, -0.05) is 0 Å². The number of aromatic nitrogens is 1. The van der Waals surface area contributed by atoms with Crippen LogP contribution in [0.4, 0.5) is 15.9 Å². The summed E-state index contributed by atoms with van der Waals surface area (Å²) in [5.74, 6) is -0.591. The lowest BCUT2D eigenvalue weighted by Crippen LogP contribution is -2.29. The molecule has 0 bridgehead atoms. The second kappa shape index (κ2) is 5.23. The zero-order valence-electron chi connectivity index (χ0n) is 11.2. The molecule has 0 spiro atoms. The summed E-state index contributed by atoms with van der Waals surface area (Å²) in [7, 11) is -5.22. The van der Waals surface area contributed by atoms with Gasteiger partial charge >= 0.3 is 7.12 Å². The molecule has 1 aromatic heterocycles. The summed E-state index contributed by atoms with van der Waals surface area (Å²) in [5, 5.41) is 9.60. The molecule has 4 N–H and O–H groups in total. The van der Waals surface area contributed by atoms with Crippen molar-refractivity contribution in [3.8, 4) is 0 Å². The van der Waals surface area contributed by atoms with Crippen LogP contribution in [-0.2, 0) is 21.3 Å². The third-order valence-corrected chi connectivity index (χ3v) is 4.56. The van der Waals surface area contributed by atoms with E-state index in [-0.39, 0.29) is 23.0 Å². The van der Waals surface area contributed by atoms with Gasteiger partial charge in [0.05, 0.1) is 12.3 Å². The summed E-state index contributed by atoms with van der Waals surface area (Å²) >= 11 is 0. The van der Waals surface area contributed by atoms with Gasteiger partial charge in [0, 0.05) is 6.20 Å². The number of sulfonamides is 1. The number of nitrogens with one attached hydrogen (secondary N) is 1. The summed E-state index contributed by atoms with van der Waals surface area (Å²) in [5.41, 5.74) is 5.92. The van der Waals surface area contributed by atoms with Crippen molar-refractivity contribution in [3.05, 3.63) is 41.8 Å². The standard InChI is InChI=1S/C12H11BFN3O4S/c14-10-3-7-6-21-13(18)9(7)4-11(10)17-22(19,20)8-1-2-12(15)16-5-8/h1-5,17-18H,6H2,(H2,15,16). The van der Waals surface area contributed by atoms with Crippen LogP contribution in [0, 0.1) is 5.82 Å². The molecule has 1 aliphatic rings. The van der Waals surface area contributed by atoms with E-state index in [0.717, 1.165) is 12.3 Å². The lowest BCUT2D eigenvalue weighted by Gasteiger charge is -2.10. The predicted molar refractivity (Wildman–Crippen MR) is 78.3 cm³/mol. The maximum Gasteiger partial charge on any atom is 0.491 e. The summed E-state index contributed by atoms with van der Waals surface area (Å²) in [6, 6.07) is 4.92. The minimum absolute atomic E-state index is 0.0718. The molecular formula is C12H11BFN3O4S. The predicted octanol–water partition coefficient (Wildman–Crippen LogP) is -0.179. The van der Waals surface area contributed by atoms with Gasteiger partial charge in [-0.25, -0.2) is 17.8 Å². The fourth-order valence-electron chi connectivity index (χ4n) is 2.08. The Bertz CT molecular complexity index is 829. The number of rotatable bonds is 3. The van der Waals surface area contributed by atoms with E-state index in [2.05, 4.69) is 9.71 Å². The molecule has 0 fully saturated rings. The maximum absolute atomic E-state index is 14.0. The molecule has 114 valence electrons. The molecule has 0 radical (unpaired) electrons. The fourth-order valence-corrected chi connectivity index (χ4v) is 3.08. The number of halogens is 1. The highest BCUT2D eigenvalue weighted by molar-refractivity contribution is 7.92. The van der Waals surface area contributed by atoms with Crippen molar-refractivity contribution in [1.82, 2.24) is 4.98 Å². The average molecular weight is 323 g/mol. The van der Waals surface area contributed by atoms with Crippen LogP contribution in [0.5, 0.6) is 0 Å². The Morgan fingerprint density at radius 2 is 2.18 bits per heavy atom. The van der Waals surface area contributed by atoms with Crippen molar-refractivity contribution in [2.45, 2.75) is 11.5 Å². The van der Waals surface area contributed by atoms with Gasteiger partial charge in [0.2, 0.25) is 0 Å². The number of benzene rings is 1. The van der Waals surface area contributed by atoms with Crippen molar-refractivity contribution in [3.63, 3.8) is 0 Å². The topological polar surface area (TPSA) is 115 Å². The van der Waals surface area contributed by atoms with E-state index < -0.39 is 23.0 Å². The van der Waals surface area contributed by atoms with Crippen LogP contribution in [0.2, 0.25) is 0 Å². The molecule has 0 amide bonds. The Hall–Kier alpha value is -2.17. The largest absolute Gasteiger partial charge is 0.491 e. The van der Waals surface area contributed by atoms with E-state index in [0.29, 0.717) is 11.0 Å². The number of fused-ring (bicyclic) bond motifs is 1. The van der Waals surface area contributed by atoms with Crippen LogP contribution < -0.4 is 15.9 Å². The third-order valence-electron chi connectivity index (χ3n) is 3.21. The van der Waals surface area contributed by atoms with Gasteiger partial charge in [-0.05, 0) is 35.3 Å². The van der Waals surface area contributed by atoms with Crippen LogP contribution >= 0.6 is 0 Å². The summed E-state index contributed by atoms with van der Waals surface area (Å²) in [6.45, 7) is 0.0718. The van der Waals surface area contributed by atoms with Crippen LogP contribution in [-0.4, -0.2) is 25.5 Å². The van der Waals surface area contributed by atoms with E-state index >= 15 is 0 Å². The SMILES string of the molecule is Nc1ccc(S(=O)(=O)Nc2cc3c(cc2F)COB3O)cn1. The molecule has 1 aliphatic heterocycles. The van der Waals surface area contributed by atoms with Crippen molar-refractivity contribution >= 4 is 34.1 Å². The fraction of sp³-hybridized carbons (Fsp3) is 0.0833. The summed E-state index contributed by atoms with van der Waals surface area (Å²) < 4.78 is 45.4. The first-order chi connectivity index (χ1) is 10.4. The van der Waals surface area contributed by atoms with Crippen LogP contribution in [0.3, 0.4) is 0 Å². The van der Waals surface area contributed by atoms with E-state index in [4.69, 9.17) is 10.4 Å². The Balaban J connectivity index is 1.96. The highest BCUT2D eigenvalue weighted by atomic mass is 32.2. The quantitative estimate of drug-likeness (QED) is 0.675. The minimum atomic E-state index is -4.02. The lowest BCUT2D eigenvalue weighted by molar-refractivity contribution is 0.275. The smallest absolute Gasteiger partial charge is 0.423 e. The van der Waals surface area contributed by atoms with E-state index in [9.17, 15) is 17.8 Å². The first kappa shape index (κ1) is 14.8. The molecule has 0 unspecified atom stereocenters. The van der Waals surface area contributed by atoms with E-state index in [1.54, 1.807) is 0 Å². The Morgan fingerprint density at radius 1 is 1.41 bits per heavy atom. The van der Waals surface area contributed by atoms with Crippen LogP contribution in [0.25, 0.3) is 0 Å². The third kappa shape index (κ3) is 2.63. The molecule has 0 saturated heterocycles. The zero-order valence-corrected chi connectivity index (χ0v) is 12.0. The van der Waals surface area contributed by atoms with Crippen LogP contribution in [0.15, 0.2) is 35.4 Å². The number of pyridine rings is 1. The Morgan fingerprint density at radius 3 is 2.86 bits per heavy atom. The number of nitrogens with two attached hydrogens (primary N) is 1. The highest BCUT2D eigenvalue weighted by Gasteiger charge is 2.29. The number of hydrogen-bond donors (Lipinski definition) is 3. The molecule has 3 rings (SSSR count). The van der Waals surface area contributed by atoms with Gasteiger partial charge in [0.15, 0.2) is 0 Å². The van der Waals surface area contributed by atoms with Crippen molar-refractivity contribution < 1.29 is 22.5 Å². The second-order valence-electron chi connectivity index (χ2n) is 4.72. The first-order valence-corrected chi connectivity index (χ1v) is 7.71. The summed E-state index contributed by atoms with van der Waals surface area (Å²) in [4.78, 5) is 3.53. The number of hydrogen-bond acceptors (Lipinski definition) is 6. The van der Waals surface area contributed by atoms with E-state index in [1.807, 2.05) is 0 Å². The number of anilines is 2. The molecular weight excluding hydrogens is 312 g/mol. The molecule has 0 aliphatic carbocycles. The van der Waals surface area contributed by atoms with Gasteiger partial charge in [-0.3, -0.25) is 4.72 Å². The number of nitrogen functional groups attached to an aromatic ring is 1. The first-order valence-electron chi connectivity index (χ1n) is 6.23.